The molecule has 3 aromatic rings. The van der Waals surface area contributed by atoms with E-state index in [9.17, 15) is 18.0 Å². The van der Waals surface area contributed by atoms with Gasteiger partial charge in [-0.15, -0.1) is 11.3 Å². The summed E-state index contributed by atoms with van der Waals surface area (Å²) in [7, 11) is 0. The number of hydrogen-bond donors (Lipinski definition) is 2. The van der Waals surface area contributed by atoms with Gasteiger partial charge in [0.2, 0.25) is 0 Å². The lowest BCUT2D eigenvalue weighted by Crippen LogP contribution is -2.36. The number of furan rings is 1. The van der Waals surface area contributed by atoms with Gasteiger partial charge >= 0.3 is 6.18 Å². The van der Waals surface area contributed by atoms with Crippen molar-refractivity contribution in [1.29, 1.82) is 0 Å². The zero-order valence-corrected chi connectivity index (χ0v) is 14.7. The first-order valence-corrected chi connectivity index (χ1v) is 9.06. The molecule has 1 aliphatic heterocycles. The highest BCUT2D eigenvalue weighted by Crippen LogP contribution is 2.44. The zero-order valence-electron chi connectivity index (χ0n) is 13.9. The van der Waals surface area contributed by atoms with Crippen LogP contribution < -0.4 is 10.6 Å². The first-order valence-electron chi connectivity index (χ1n) is 8.18. The summed E-state index contributed by atoms with van der Waals surface area (Å²) in [5.41, 5.74) is 0.0667. The number of fused-ring (bicyclic) bond motifs is 1. The molecular weight excluding hydrogens is 381 g/mol. The molecular formula is C17H15F3N4O2S. The molecule has 2 atom stereocenters. The van der Waals surface area contributed by atoms with E-state index in [1.165, 1.54) is 17.6 Å². The highest BCUT2D eigenvalue weighted by molar-refractivity contribution is 7.10. The number of carbonyl (C=O) groups excluding carboxylic acids is 1. The van der Waals surface area contributed by atoms with Crippen molar-refractivity contribution in [3.63, 3.8) is 0 Å². The first-order chi connectivity index (χ1) is 12.9. The van der Waals surface area contributed by atoms with Crippen LogP contribution in [0.1, 0.15) is 39.5 Å². The third kappa shape index (κ3) is 3.44. The summed E-state index contributed by atoms with van der Waals surface area (Å²) in [6, 6.07) is 4.60. The Morgan fingerprint density at radius 1 is 1.41 bits per heavy atom. The van der Waals surface area contributed by atoms with Crippen molar-refractivity contribution in [3.8, 4) is 0 Å². The summed E-state index contributed by atoms with van der Waals surface area (Å²) in [6.45, 7) is 0.132. The van der Waals surface area contributed by atoms with Gasteiger partial charge in [-0.2, -0.15) is 18.3 Å². The normalized spacial score (nSPS) is 19.4. The molecule has 27 heavy (non-hydrogen) atoms. The van der Waals surface area contributed by atoms with Crippen molar-refractivity contribution in [2.24, 2.45) is 0 Å². The molecule has 1 aliphatic rings. The minimum absolute atomic E-state index is 0.0667. The number of rotatable bonds is 4. The lowest BCUT2D eigenvalue weighted by Gasteiger charge is -2.33. The average Bonchev–Trinajstić information content (AvgIpc) is 3.39. The third-order valence-electron chi connectivity index (χ3n) is 4.37. The van der Waals surface area contributed by atoms with E-state index >= 15 is 0 Å². The van der Waals surface area contributed by atoms with Gasteiger partial charge < -0.3 is 15.1 Å². The van der Waals surface area contributed by atoms with Gasteiger partial charge in [0.25, 0.3) is 5.91 Å². The van der Waals surface area contributed by atoms with Gasteiger partial charge in [0.1, 0.15) is 17.1 Å². The predicted octanol–water partition coefficient (Wildman–Crippen LogP) is 4.13. The standard InChI is InChI=1S/C17H15F3N4O2S/c18-17(19,20)14-7-12(13-4-2-6-27-13)23-15-11(9-22-24(14)15)16(25)21-8-10-3-1-5-26-10/h1-6,9,12,14,23H,7-8H2,(H,21,25)/t12-,14+/m1/s1. The maximum absolute atomic E-state index is 13.6. The molecule has 0 unspecified atom stereocenters. The SMILES string of the molecule is O=C(NCc1ccco1)c1cnn2c1N[C@@H](c1cccs1)C[C@H]2C(F)(F)F. The Balaban J connectivity index is 1.63. The van der Waals surface area contributed by atoms with E-state index in [-0.39, 0.29) is 24.3 Å². The average molecular weight is 396 g/mol. The second-order valence-electron chi connectivity index (χ2n) is 6.12. The van der Waals surface area contributed by atoms with Gasteiger partial charge in [-0.1, -0.05) is 6.07 Å². The van der Waals surface area contributed by atoms with Crippen molar-refractivity contribution in [2.75, 3.05) is 5.32 Å². The van der Waals surface area contributed by atoms with Crippen LogP contribution in [0, 0.1) is 0 Å². The number of thiophene rings is 1. The molecule has 0 radical (unpaired) electrons. The highest BCUT2D eigenvalue weighted by atomic mass is 32.1. The number of halogens is 3. The third-order valence-corrected chi connectivity index (χ3v) is 5.36. The topological polar surface area (TPSA) is 72.1 Å². The molecule has 0 spiro atoms. The van der Waals surface area contributed by atoms with Gasteiger partial charge in [0.05, 0.1) is 25.0 Å². The smallest absolute Gasteiger partial charge is 0.410 e. The number of aromatic nitrogens is 2. The number of hydrogen-bond acceptors (Lipinski definition) is 5. The van der Waals surface area contributed by atoms with Crippen molar-refractivity contribution >= 4 is 23.1 Å². The van der Waals surface area contributed by atoms with E-state index in [0.29, 0.717) is 5.76 Å². The van der Waals surface area contributed by atoms with Crippen LogP contribution in [0.3, 0.4) is 0 Å². The number of nitrogens with one attached hydrogen (secondary N) is 2. The summed E-state index contributed by atoms with van der Waals surface area (Å²) in [6.07, 6.45) is -2.02. The van der Waals surface area contributed by atoms with Gasteiger partial charge in [0.15, 0.2) is 6.04 Å². The summed E-state index contributed by atoms with van der Waals surface area (Å²) >= 11 is 1.37. The number of amides is 1. The summed E-state index contributed by atoms with van der Waals surface area (Å²) in [5, 5.41) is 11.3. The molecule has 6 nitrogen and oxygen atoms in total. The largest absolute Gasteiger partial charge is 0.467 e. The van der Waals surface area contributed by atoms with Crippen LogP contribution in [-0.2, 0) is 6.54 Å². The first kappa shape index (κ1) is 17.7. The Labute approximate surface area is 156 Å². The molecule has 1 amide bonds. The molecule has 3 aromatic heterocycles. The number of carbonyl (C=O) groups is 1. The lowest BCUT2D eigenvalue weighted by atomic mass is 10.0. The number of alkyl halides is 3. The summed E-state index contributed by atoms with van der Waals surface area (Å²) < 4.78 is 46.7. The van der Waals surface area contributed by atoms with E-state index in [1.807, 2.05) is 5.38 Å². The lowest BCUT2D eigenvalue weighted by molar-refractivity contribution is -0.173. The molecule has 2 N–H and O–H groups in total. The zero-order chi connectivity index (χ0) is 19.0. The van der Waals surface area contributed by atoms with E-state index in [2.05, 4.69) is 15.7 Å². The van der Waals surface area contributed by atoms with Crippen molar-refractivity contribution < 1.29 is 22.4 Å². The molecule has 0 aliphatic carbocycles. The molecule has 0 saturated heterocycles. The summed E-state index contributed by atoms with van der Waals surface area (Å²) in [5.74, 6) is 0.0915. The molecule has 0 bridgehead atoms. The van der Waals surface area contributed by atoms with Crippen molar-refractivity contribution in [2.45, 2.75) is 31.2 Å². The van der Waals surface area contributed by atoms with Crippen LogP contribution in [0.25, 0.3) is 0 Å². The van der Waals surface area contributed by atoms with E-state index in [4.69, 9.17) is 4.42 Å². The minimum atomic E-state index is -4.47. The van der Waals surface area contributed by atoms with E-state index in [0.717, 1.165) is 15.8 Å². The number of anilines is 1. The molecule has 4 heterocycles. The van der Waals surface area contributed by atoms with Gasteiger partial charge in [0, 0.05) is 11.3 Å². The number of nitrogens with zero attached hydrogens (tertiary/aromatic N) is 2. The molecule has 10 heteroatoms. The Morgan fingerprint density at radius 3 is 2.93 bits per heavy atom. The van der Waals surface area contributed by atoms with Crippen LogP contribution in [0.2, 0.25) is 0 Å². The molecule has 142 valence electrons. The van der Waals surface area contributed by atoms with Gasteiger partial charge in [-0.3, -0.25) is 4.79 Å². The van der Waals surface area contributed by atoms with E-state index in [1.54, 1.807) is 24.3 Å². The van der Waals surface area contributed by atoms with Gasteiger partial charge in [-0.05, 0) is 23.6 Å². The van der Waals surface area contributed by atoms with Crippen molar-refractivity contribution in [1.82, 2.24) is 15.1 Å². The minimum Gasteiger partial charge on any atom is -0.467 e. The second kappa shape index (κ2) is 6.76. The Bertz CT molecular complexity index is 919. The molecule has 0 aromatic carbocycles. The van der Waals surface area contributed by atoms with Crippen LogP contribution in [0.5, 0.6) is 0 Å². The monoisotopic (exact) mass is 396 g/mol. The van der Waals surface area contributed by atoms with Gasteiger partial charge in [-0.25, -0.2) is 4.68 Å². The second-order valence-corrected chi connectivity index (χ2v) is 7.10. The maximum Gasteiger partial charge on any atom is 0.410 e. The summed E-state index contributed by atoms with van der Waals surface area (Å²) in [4.78, 5) is 13.3. The van der Waals surface area contributed by atoms with Crippen LogP contribution in [0.4, 0.5) is 19.0 Å². The van der Waals surface area contributed by atoms with E-state index < -0.39 is 24.2 Å². The fourth-order valence-electron chi connectivity index (χ4n) is 3.08. The predicted molar refractivity (Wildman–Crippen MR) is 92.5 cm³/mol. The molecule has 0 fully saturated rings. The van der Waals surface area contributed by atoms with Crippen LogP contribution in [-0.4, -0.2) is 21.9 Å². The highest BCUT2D eigenvalue weighted by Gasteiger charge is 2.47. The van der Waals surface area contributed by atoms with Crippen molar-refractivity contribution in [3.05, 3.63) is 58.3 Å². The fourth-order valence-corrected chi connectivity index (χ4v) is 3.87. The quantitative estimate of drug-likeness (QED) is 0.696. The maximum atomic E-state index is 13.6. The Hall–Kier alpha value is -2.75. The Morgan fingerprint density at radius 2 is 2.26 bits per heavy atom. The Kier molecular flexibility index (Phi) is 4.42. The van der Waals surface area contributed by atoms with Crippen LogP contribution >= 0.6 is 11.3 Å². The fraction of sp³-hybridized carbons (Fsp3) is 0.294. The molecule has 4 rings (SSSR count). The molecule has 0 saturated carbocycles. The van der Waals surface area contributed by atoms with Crippen LogP contribution in [0.15, 0.2) is 46.5 Å².